The van der Waals surface area contributed by atoms with Gasteiger partial charge in [0.2, 0.25) is 0 Å². The predicted molar refractivity (Wildman–Crippen MR) is 123 cm³/mol. The summed E-state index contributed by atoms with van der Waals surface area (Å²) in [6, 6.07) is 16.9. The highest BCUT2D eigenvalue weighted by molar-refractivity contribution is 6.02. The van der Waals surface area contributed by atoms with Gasteiger partial charge in [-0.3, -0.25) is 9.48 Å². The Hall–Kier alpha value is -4.60. The average Bonchev–Trinajstić information content (AvgIpc) is 3.53. The lowest BCUT2D eigenvalue weighted by molar-refractivity contribution is 0.0992. The van der Waals surface area contributed by atoms with Crippen LogP contribution in [0.5, 0.6) is 5.75 Å². The van der Waals surface area contributed by atoms with Crippen LogP contribution in [0.4, 0.5) is 23.2 Å². The fourth-order valence-electron chi connectivity index (χ4n) is 3.61. The van der Waals surface area contributed by atoms with Crippen LogP contribution < -0.4 is 10.1 Å². The van der Waals surface area contributed by atoms with E-state index in [1.54, 1.807) is 6.07 Å². The van der Waals surface area contributed by atoms with E-state index in [4.69, 9.17) is 9.15 Å². The van der Waals surface area contributed by atoms with Crippen LogP contribution in [0, 0.1) is 23.3 Å². The quantitative estimate of drug-likeness (QED) is 0.169. The van der Waals surface area contributed by atoms with E-state index in [0.717, 1.165) is 15.5 Å². The molecule has 0 spiro atoms. The van der Waals surface area contributed by atoms with Gasteiger partial charge in [0, 0.05) is 17.8 Å². The van der Waals surface area contributed by atoms with Crippen LogP contribution in [0.25, 0.3) is 10.8 Å². The summed E-state index contributed by atoms with van der Waals surface area (Å²) in [6.07, 6.45) is 2.52. The molecule has 10 heteroatoms. The number of benzene rings is 3. The molecule has 5 rings (SSSR count). The Labute approximate surface area is 201 Å². The number of hydrogen-bond donors (Lipinski definition) is 1. The second kappa shape index (κ2) is 9.57. The van der Waals surface area contributed by atoms with Crippen molar-refractivity contribution in [3.63, 3.8) is 0 Å². The summed E-state index contributed by atoms with van der Waals surface area (Å²) >= 11 is 0. The van der Waals surface area contributed by atoms with Crippen LogP contribution in [0.15, 0.2) is 77.5 Å². The number of ether oxygens (including phenoxy) is 1. The summed E-state index contributed by atoms with van der Waals surface area (Å²) in [7, 11) is 0. The summed E-state index contributed by atoms with van der Waals surface area (Å²) in [5, 5.41) is 8.55. The third-order valence-corrected chi connectivity index (χ3v) is 5.41. The molecule has 6 nitrogen and oxygen atoms in total. The minimum absolute atomic E-state index is 0.0116. The van der Waals surface area contributed by atoms with Crippen molar-refractivity contribution in [1.82, 2.24) is 9.78 Å². The van der Waals surface area contributed by atoms with Gasteiger partial charge in [-0.05, 0) is 35.0 Å². The summed E-state index contributed by atoms with van der Waals surface area (Å²) in [5.74, 6) is -5.78. The Morgan fingerprint density at radius 3 is 2.58 bits per heavy atom. The molecule has 0 radical (unpaired) electrons. The lowest BCUT2D eigenvalue weighted by Crippen LogP contribution is -2.11. The number of halogens is 4. The van der Waals surface area contributed by atoms with E-state index in [1.165, 1.54) is 18.5 Å². The first-order chi connectivity index (χ1) is 17.4. The second-order valence-corrected chi connectivity index (χ2v) is 7.89. The standard InChI is InChI=1S/C26H17F4N3O3/c27-21-10-22(28)25(30)24(29)20(21)13-33-12-17(11-31-33)32-26(34)23-8-7-19(36-23)14-35-18-6-5-15-3-1-2-4-16(15)9-18/h1-12H,13-14H2,(H,32,34). The van der Waals surface area contributed by atoms with E-state index < -0.39 is 41.3 Å². The van der Waals surface area contributed by atoms with Crippen LogP contribution in [-0.4, -0.2) is 15.7 Å². The number of rotatable bonds is 7. The topological polar surface area (TPSA) is 69.3 Å². The second-order valence-electron chi connectivity index (χ2n) is 7.89. The Morgan fingerprint density at radius 1 is 0.944 bits per heavy atom. The Balaban J connectivity index is 1.20. The molecule has 182 valence electrons. The van der Waals surface area contributed by atoms with Crippen LogP contribution in [0.2, 0.25) is 0 Å². The fourth-order valence-corrected chi connectivity index (χ4v) is 3.61. The number of fused-ring (bicyclic) bond motifs is 1. The molecular weight excluding hydrogens is 478 g/mol. The first-order valence-electron chi connectivity index (χ1n) is 10.7. The normalized spacial score (nSPS) is 11.1. The Bertz CT molecular complexity index is 1580. The van der Waals surface area contributed by atoms with Gasteiger partial charge in [0.15, 0.2) is 23.2 Å². The summed E-state index contributed by atoms with van der Waals surface area (Å²) in [5.41, 5.74) is -0.495. The highest BCUT2D eigenvalue weighted by Gasteiger charge is 2.20. The maximum atomic E-state index is 13.9. The smallest absolute Gasteiger partial charge is 0.291 e. The molecule has 0 atom stereocenters. The number of hydrogen-bond acceptors (Lipinski definition) is 4. The molecule has 0 unspecified atom stereocenters. The van der Waals surface area contributed by atoms with E-state index in [9.17, 15) is 22.4 Å². The van der Waals surface area contributed by atoms with Crippen molar-refractivity contribution in [2.45, 2.75) is 13.2 Å². The van der Waals surface area contributed by atoms with E-state index in [2.05, 4.69) is 10.4 Å². The zero-order valence-electron chi connectivity index (χ0n) is 18.5. The van der Waals surface area contributed by atoms with Crippen molar-refractivity contribution < 1.29 is 31.5 Å². The summed E-state index contributed by atoms with van der Waals surface area (Å²) in [6.45, 7) is -0.406. The molecule has 36 heavy (non-hydrogen) atoms. The third-order valence-electron chi connectivity index (χ3n) is 5.41. The first-order valence-corrected chi connectivity index (χ1v) is 10.7. The Morgan fingerprint density at radius 2 is 1.75 bits per heavy atom. The van der Waals surface area contributed by atoms with E-state index >= 15 is 0 Å². The number of carbonyl (C=O) groups is 1. The highest BCUT2D eigenvalue weighted by atomic mass is 19.2. The van der Waals surface area contributed by atoms with Gasteiger partial charge >= 0.3 is 0 Å². The van der Waals surface area contributed by atoms with Gasteiger partial charge in [-0.25, -0.2) is 17.6 Å². The summed E-state index contributed by atoms with van der Waals surface area (Å²) < 4.78 is 66.7. The lowest BCUT2D eigenvalue weighted by Gasteiger charge is -2.07. The molecule has 3 aromatic carbocycles. The van der Waals surface area contributed by atoms with Gasteiger partial charge < -0.3 is 14.5 Å². The molecule has 0 saturated carbocycles. The Kier molecular flexibility index (Phi) is 6.16. The monoisotopic (exact) mass is 495 g/mol. The van der Waals surface area contributed by atoms with Crippen molar-refractivity contribution in [2.75, 3.05) is 5.32 Å². The molecule has 0 aliphatic rings. The van der Waals surface area contributed by atoms with Crippen molar-refractivity contribution in [1.29, 1.82) is 0 Å². The highest BCUT2D eigenvalue weighted by Crippen LogP contribution is 2.23. The van der Waals surface area contributed by atoms with Crippen LogP contribution in [0.1, 0.15) is 21.9 Å². The molecular formula is C26H17F4N3O3. The average molecular weight is 495 g/mol. The number of furan rings is 1. The molecule has 0 aliphatic heterocycles. The predicted octanol–water partition coefficient (Wildman–Crippen LogP) is 6.07. The SMILES string of the molecule is O=C(Nc1cnn(Cc2c(F)cc(F)c(F)c2F)c1)c1ccc(COc2ccc3ccccc3c2)o1. The molecule has 1 N–H and O–H groups in total. The van der Waals surface area contributed by atoms with E-state index in [1.807, 2.05) is 42.5 Å². The minimum atomic E-state index is -1.77. The first kappa shape index (κ1) is 23.2. The molecule has 2 aromatic heterocycles. The zero-order valence-corrected chi connectivity index (χ0v) is 18.5. The maximum absolute atomic E-state index is 13.9. The van der Waals surface area contributed by atoms with Crippen LogP contribution >= 0.6 is 0 Å². The largest absolute Gasteiger partial charge is 0.486 e. The van der Waals surface area contributed by atoms with Gasteiger partial charge in [0.25, 0.3) is 5.91 Å². The zero-order chi connectivity index (χ0) is 25.2. The molecule has 0 bridgehead atoms. The van der Waals surface area contributed by atoms with Crippen molar-refractivity contribution in [3.05, 3.63) is 113 Å². The number of nitrogens with one attached hydrogen (secondary N) is 1. The molecule has 1 amide bonds. The van der Waals surface area contributed by atoms with E-state index in [0.29, 0.717) is 11.5 Å². The van der Waals surface area contributed by atoms with E-state index in [-0.39, 0.29) is 24.1 Å². The number of carbonyl (C=O) groups excluding carboxylic acids is 1. The summed E-state index contributed by atoms with van der Waals surface area (Å²) in [4.78, 5) is 12.5. The van der Waals surface area contributed by atoms with Crippen molar-refractivity contribution in [3.8, 4) is 5.75 Å². The van der Waals surface area contributed by atoms with Gasteiger partial charge in [0.05, 0.1) is 18.4 Å². The number of amides is 1. The molecule has 5 aromatic rings. The van der Waals surface area contributed by atoms with Gasteiger partial charge in [-0.1, -0.05) is 30.3 Å². The number of anilines is 1. The minimum Gasteiger partial charge on any atom is -0.486 e. The maximum Gasteiger partial charge on any atom is 0.291 e. The molecule has 0 saturated heterocycles. The van der Waals surface area contributed by atoms with Gasteiger partial charge in [-0.2, -0.15) is 5.10 Å². The molecule has 2 heterocycles. The molecule has 0 aliphatic carbocycles. The van der Waals surface area contributed by atoms with Crippen LogP contribution in [-0.2, 0) is 13.2 Å². The number of aromatic nitrogens is 2. The lowest BCUT2D eigenvalue weighted by atomic mass is 10.1. The molecule has 0 fully saturated rings. The fraction of sp³-hybridized carbons (Fsp3) is 0.0769. The van der Waals surface area contributed by atoms with Gasteiger partial charge in [0.1, 0.15) is 23.9 Å². The van der Waals surface area contributed by atoms with Crippen LogP contribution in [0.3, 0.4) is 0 Å². The van der Waals surface area contributed by atoms with Crippen molar-refractivity contribution >= 4 is 22.4 Å². The third kappa shape index (κ3) is 4.78. The number of nitrogens with zero attached hydrogens (tertiary/aromatic N) is 2. The van der Waals surface area contributed by atoms with Gasteiger partial charge in [-0.15, -0.1) is 0 Å². The van der Waals surface area contributed by atoms with Crippen molar-refractivity contribution in [2.24, 2.45) is 0 Å².